The Bertz CT molecular complexity index is 978. The van der Waals surface area contributed by atoms with E-state index in [9.17, 15) is 14.4 Å². The molecule has 8 nitrogen and oxygen atoms in total. The topological polar surface area (TPSA) is 101 Å². The molecule has 3 amide bonds. The molecule has 0 aliphatic carbocycles. The highest BCUT2D eigenvalue weighted by Crippen LogP contribution is 2.19. The molecule has 2 N–H and O–H groups in total. The third-order valence-electron chi connectivity index (χ3n) is 5.30. The average molecular weight is 530 g/mol. The van der Waals surface area contributed by atoms with Gasteiger partial charge >= 0.3 is 6.09 Å². The summed E-state index contributed by atoms with van der Waals surface area (Å²) in [5.41, 5.74) is 1.15. The lowest BCUT2D eigenvalue weighted by atomic mass is 10.2. The highest BCUT2D eigenvalue weighted by Gasteiger charge is 2.28. The summed E-state index contributed by atoms with van der Waals surface area (Å²) in [6.45, 7) is 1.52. The molecule has 0 bridgehead atoms. The molecule has 0 radical (unpaired) electrons. The molecule has 11 heteroatoms. The van der Waals surface area contributed by atoms with Crippen molar-refractivity contribution in [3.63, 3.8) is 0 Å². The molecule has 1 aromatic heterocycles. The maximum absolute atomic E-state index is 12.6. The first-order chi connectivity index (χ1) is 15.9. The second-order valence-corrected chi connectivity index (χ2v) is 8.40. The molecule has 184 valence electrons. The molecule has 2 heterocycles. The quantitative estimate of drug-likeness (QED) is 0.374. The van der Waals surface area contributed by atoms with Gasteiger partial charge in [0.05, 0.1) is 5.56 Å². The van der Waals surface area contributed by atoms with Crippen molar-refractivity contribution in [3.05, 3.63) is 63.9 Å². The molecule has 2 aromatic rings. The van der Waals surface area contributed by atoms with Gasteiger partial charge in [-0.3, -0.25) is 9.59 Å². The number of carbonyl (C=O) groups is 3. The Morgan fingerprint density at radius 1 is 1.09 bits per heavy atom. The van der Waals surface area contributed by atoms with Crippen molar-refractivity contribution in [2.45, 2.75) is 38.3 Å². The summed E-state index contributed by atoms with van der Waals surface area (Å²) >= 11 is 11.7. The van der Waals surface area contributed by atoms with Gasteiger partial charge in [0, 0.05) is 32.1 Å². The van der Waals surface area contributed by atoms with Gasteiger partial charge in [0.25, 0.3) is 5.91 Å². The number of likely N-dealkylation sites (tertiary alicyclic amines) is 1. The van der Waals surface area contributed by atoms with E-state index in [4.69, 9.17) is 27.9 Å². The summed E-state index contributed by atoms with van der Waals surface area (Å²) < 4.78 is 5.15. The number of nitrogens with zero attached hydrogens (tertiary/aromatic N) is 2. The standard InChI is InChI=1S/C23H26Cl2N4O4.ClH/c24-19-11-10-18(21(25)28-19)22(31)27-14-17-8-5-13-29(17)20(30)9-4-12-26-23(32)33-15-16-6-2-1-3-7-16;/h1-3,6-7,10-11,17H,4-5,8-9,12-15H2,(H,26,32)(H,27,31);1H/t17-;/m1./s1. The number of alkyl carbamates (subject to hydrolysis) is 1. The fourth-order valence-electron chi connectivity index (χ4n) is 3.61. The van der Waals surface area contributed by atoms with Crippen LogP contribution in [0.25, 0.3) is 0 Å². The van der Waals surface area contributed by atoms with E-state index < -0.39 is 6.09 Å². The molecule has 1 atom stereocenters. The molecule has 3 rings (SSSR count). The lowest BCUT2D eigenvalue weighted by molar-refractivity contribution is -0.132. The Hall–Kier alpha value is -2.55. The zero-order chi connectivity index (χ0) is 23.6. The molecular formula is C23H27Cl3N4O4. The Kier molecular flexibility index (Phi) is 11.4. The van der Waals surface area contributed by atoms with E-state index in [1.165, 1.54) is 12.1 Å². The predicted molar refractivity (Wildman–Crippen MR) is 132 cm³/mol. The van der Waals surface area contributed by atoms with Crippen LogP contribution in [-0.2, 0) is 16.1 Å². The Labute approximate surface area is 214 Å². The van der Waals surface area contributed by atoms with E-state index >= 15 is 0 Å². The number of hydrogen-bond acceptors (Lipinski definition) is 5. The summed E-state index contributed by atoms with van der Waals surface area (Å²) in [4.78, 5) is 42.5. The molecular weight excluding hydrogens is 503 g/mol. The number of aromatic nitrogens is 1. The zero-order valence-corrected chi connectivity index (χ0v) is 20.8. The first kappa shape index (κ1) is 27.7. The van der Waals surface area contributed by atoms with Gasteiger partial charge in [-0.25, -0.2) is 9.78 Å². The highest BCUT2D eigenvalue weighted by atomic mass is 35.5. The van der Waals surface area contributed by atoms with Gasteiger partial charge in [0.1, 0.15) is 16.9 Å². The third kappa shape index (κ3) is 8.34. The number of halogens is 3. The molecule has 0 spiro atoms. The van der Waals surface area contributed by atoms with Crippen molar-refractivity contribution in [2.24, 2.45) is 0 Å². The van der Waals surface area contributed by atoms with Crippen molar-refractivity contribution < 1.29 is 19.1 Å². The summed E-state index contributed by atoms with van der Waals surface area (Å²) in [6, 6.07) is 12.3. The van der Waals surface area contributed by atoms with Crippen molar-refractivity contribution in [3.8, 4) is 0 Å². The van der Waals surface area contributed by atoms with Crippen LogP contribution in [-0.4, -0.2) is 53.5 Å². The van der Waals surface area contributed by atoms with E-state index in [0.717, 1.165) is 18.4 Å². The molecule has 1 aromatic carbocycles. The highest BCUT2D eigenvalue weighted by molar-refractivity contribution is 6.34. The van der Waals surface area contributed by atoms with Crippen LogP contribution in [0.2, 0.25) is 10.3 Å². The van der Waals surface area contributed by atoms with Crippen LogP contribution in [0.5, 0.6) is 0 Å². The summed E-state index contributed by atoms with van der Waals surface area (Å²) in [5, 5.41) is 5.73. The van der Waals surface area contributed by atoms with Crippen molar-refractivity contribution in [1.82, 2.24) is 20.5 Å². The average Bonchev–Trinajstić information content (AvgIpc) is 3.28. The van der Waals surface area contributed by atoms with Gasteiger partial charge in [-0.1, -0.05) is 53.5 Å². The van der Waals surface area contributed by atoms with Crippen LogP contribution in [0.1, 0.15) is 41.6 Å². The van der Waals surface area contributed by atoms with Gasteiger partial charge in [-0.15, -0.1) is 12.4 Å². The Morgan fingerprint density at radius 3 is 2.59 bits per heavy atom. The minimum Gasteiger partial charge on any atom is -0.445 e. The molecule has 1 saturated heterocycles. The molecule has 0 unspecified atom stereocenters. The maximum atomic E-state index is 12.6. The zero-order valence-electron chi connectivity index (χ0n) is 18.5. The molecule has 1 aliphatic heterocycles. The summed E-state index contributed by atoms with van der Waals surface area (Å²) in [6.07, 6.45) is 1.97. The fourth-order valence-corrected chi connectivity index (χ4v) is 4.04. The number of carbonyl (C=O) groups excluding carboxylic acids is 3. The lowest BCUT2D eigenvalue weighted by Gasteiger charge is -2.25. The van der Waals surface area contributed by atoms with Gasteiger partial charge in [-0.05, 0) is 37.0 Å². The maximum Gasteiger partial charge on any atom is 0.407 e. The first-order valence-corrected chi connectivity index (χ1v) is 11.5. The van der Waals surface area contributed by atoms with Crippen LogP contribution in [0.4, 0.5) is 4.79 Å². The van der Waals surface area contributed by atoms with Crippen LogP contribution in [0.15, 0.2) is 42.5 Å². The number of ether oxygens (including phenoxy) is 1. The van der Waals surface area contributed by atoms with Gasteiger partial charge in [0.15, 0.2) is 0 Å². The first-order valence-electron chi connectivity index (χ1n) is 10.8. The van der Waals surface area contributed by atoms with Crippen molar-refractivity contribution in [1.29, 1.82) is 0 Å². The third-order valence-corrected chi connectivity index (χ3v) is 5.80. The minimum absolute atomic E-state index is 0. The molecule has 34 heavy (non-hydrogen) atoms. The van der Waals surface area contributed by atoms with Gasteiger partial charge in [0.2, 0.25) is 5.91 Å². The van der Waals surface area contributed by atoms with Crippen LogP contribution < -0.4 is 10.6 Å². The number of amides is 3. The van der Waals surface area contributed by atoms with E-state index in [-0.39, 0.29) is 52.7 Å². The van der Waals surface area contributed by atoms with Crippen molar-refractivity contribution >= 4 is 53.5 Å². The minimum atomic E-state index is -0.511. The van der Waals surface area contributed by atoms with Gasteiger partial charge < -0.3 is 20.3 Å². The number of hydrogen-bond donors (Lipinski definition) is 2. The summed E-state index contributed by atoms with van der Waals surface area (Å²) in [5.74, 6) is -0.362. The summed E-state index contributed by atoms with van der Waals surface area (Å²) in [7, 11) is 0. The molecule has 1 fully saturated rings. The lowest BCUT2D eigenvalue weighted by Crippen LogP contribution is -2.43. The van der Waals surface area contributed by atoms with Gasteiger partial charge in [-0.2, -0.15) is 0 Å². The van der Waals surface area contributed by atoms with E-state index in [1.54, 1.807) is 4.90 Å². The Balaban J connectivity index is 0.00000408. The van der Waals surface area contributed by atoms with Crippen LogP contribution >= 0.6 is 35.6 Å². The predicted octanol–water partition coefficient (Wildman–Crippen LogP) is 4.24. The normalized spacial score (nSPS) is 14.8. The van der Waals surface area contributed by atoms with E-state index in [1.807, 2.05) is 30.3 Å². The smallest absolute Gasteiger partial charge is 0.407 e. The van der Waals surface area contributed by atoms with Crippen molar-refractivity contribution in [2.75, 3.05) is 19.6 Å². The Morgan fingerprint density at radius 2 is 1.85 bits per heavy atom. The second-order valence-electron chi connectivity index (χ2n) is 7.66. The number of benzene rings is 1. The molecule has 1 aliphatic rings. The number of nitrogens with one attached hydrogen (secondary N) is 2. The van der Waals surface area contributed by atoms with E-state index in [2.05, 4.69) is 15.6 Å². The second kappa shape index (κ2) is 14.0. The van der Waals surface area contributed by atoms with E-state index in [0.29, 0.717) is 32.5 Å². The number of pyridine rings is 1. The van der Waals surface area contributed by atoms with Crippen LogP contribution in [0, 0.1) is 0 Å². The number of rotatable bonds is 9. The van der Waals surface area contributed by atoms with Crippen LogP contribution in [0.3, 0.4) is 0 Å². The molecule has 0 saturated carbocycles. The monoisotopic (exact) mass is 528 g/mol. The fraction of sp³-hybridized carbons (Fsp3) is 0.391. The largest absolute Gasteiger partial charge is 0.445 e. The SMILES string of the molecule is Cl.O=C(NCCCC(=O)N1CCC[C@@H]1CNC(=O)c1ccc(Cl)nc1Cl)OCc1ccccc1.